The molecule has 188 valence electrons. The van der Waals surface area contributed by atoms with Gasteiger partial charge in [-0.1, -0.05) is 23.7 Å². The SMILES string of the molecule is Cc1cccc(C(=O)Nc2ccc(C(=O)N3CCC(F)(F)C(O)(CO)c4cc(Cl)ccc43)cn2)c1C. The summed E-state index contributed by atoms with van der Waals surface area (Å²) >= 11 is 5.99. The standard InChI is InChI=1S/C26H24ClF2N3O4/c1-15-4-3-5-19(16(15)2)23(34)31-22-9-6-17(13-30-22)24(35)32-11-10-26(28,29)25(36,14-33)20-12-18(27)7-8-21(20)32/h3-9,12-13,33,36H,10-11,14H2,1-2H3,(H,30,31,34). The number of amides is 2. The smallest absolute Gasteiger partial charge is 0.284 e. The van der Waals surface area contributed by atoms with E-state index in [1.54, 1.807) is 12.1 Å². The van der Waals surface area contributed by atoms with Gasteiger partial charge in [0, 0.05) is 35.3 Å². The Kier molecular flexibility index (Phi) is 6.83. The topological polar surface area (TPSA) is 103 Å². The average Bonchev–Trinajstić information content (AvgIpc) is 2.93. The van der Waals surface area contributed by atoms with Crippen molar-refractivity contribution in [1.82, 2.24) is 4.98 Å². The number of carbonyl (C=O) groups is 2. The van der Waals surface area contributed by atoms with E-state index in [1.165, 1.54) is 30.5 Å². The first-order chi connectivity index (χ1) is 17.0. The third-order valence-corrected chi connectivity index (χ3v) is 6.76. The van der Waals surface area contributed by atoms with Crippen LogP contribution in [0.25, 0.3) is 0 Å². The number of benzene rings is 2. The Morgan fingerprint density at radius 2 is 1.92 bits per heavy atom. The minimum atomic E-state index is -3.73. The quantitative estimate of drug-likeness (QED) is 0.476. The van der Waals surface area contributed by atoms with E-state index < -0.39 is 37.0 Å². The molecule has 0 radical (unpaired) electrons. The highest BCUT2D eigenvalue weighted by molar-refractivity contribution is 6.30. The third-order valence-electron chi connectivity index (χ3n) is 6.52. The number of nitrogens with one attached hydrogen (secondary N) is 1. The number of aryl methyl sites for hydroxylation is 1. The summed E-state index contributed by atoms with van der Waals surface area (Å²) in [5, 5.41) is 23.2. The molecule has 4 rings (SSSR count). The fourth-order valence-corrected chi connectivity index (χ4v) is 4.37. The van der Waals surface area contributed by atoms with Crippen LogP contribution in [0.1, 0.15) is 43.8 Å². The van der Waals surface area contributed by atoms with Gasteiger partial charge in [-0.05, 0) is 61.4 Å². The molecule has 1 aromatic heterocycles. The molecule has 1 aliphatic heterocycles. The summed E-state index contributed by atoms with van der Waals surface area (Å²) in [4.78, 5) is 31.2. The van der Waals surface area contributed by atoms with E-state index in [9.17, 15) is 28.6 Å². The van der Waals surface area contributed by atoms with Gasteiger partial charge >= 0.3 is 0 Å². The highest BCUT2D eigenvalue weighted by atomic mass is 35.5. The maximum absolute atomic E-state index is 14.9. The number of aliphatic hydroxyl groups excluding tert-OH is 1. The Morgan fingerprint density at radius 1 is 1.17 bits per heavy atom. The van der Waals surface area contributed by atoms with Crippen LogP contribution in [0, 0.1) is 13.8 Å². The van der Waals surface area contributed by atoms with Crippen molar-refractivity contribution in [2.24, 2.45) is 0 Å². The Labute approximate surface area is 211 Å². The van der Waals surface area contributed by atoms with E-state index in [2.05, 4.69) is 10.3 Å². The van der Waals surface area contributed by atoms with E-state index >= 15 is 0 Å². The van der Waals surface area contributed by atoms with E-state index in [0.717, 1.165) is 22.1 Å². The largest absolute Gasteiger partial charge is 0.393 e. The van der Waals surface area contributed by atoms with Crippen LogP contribution in [0.5, 0.6) is 0 Å². The second-order valence-corrected chi connectivity index (χ2v) is 9.16. The lowest BCUT2D eigenvalue weighted by Gasteiger charge is -2.33. The maximum atomic E-state index is 14.9. The van der Waals surface area contributed by atoms with Gasteiger partial charge in [0.25, 0.3) is 17.7 Å². The number of carbonyl (C=O) groups excluding carboxylic acids is 2. The molecular formula is C26H24ClF2N3O4. The fraction of sp³-hybridized carbons (Fsp3) is 0.269. The average molecular weight is 516 g/mol. The molecule has 10 heteroatoms. The van der Waals surface area contributed by atoms with Crippen molar-refractivity contribution in [3.63, 3.8) is 0 Å². The van der Waals surface area contributed by atoms with Crippen LogP contribution in [-0.2, 0) is 5.60 Å². The zero-order chi connectivity index (χ0) is 26.3. The van der Waals surface area contributed by atoms with Crippen molar-refractivity contribution in [1.29, 1.82) is 0 Å². The number of alkyl halides is 2. The molecule has 0 aliphatic carbocycles. The lowest BCUT2D eigenvalue weighted by molar-refractivity contribution is -0.205. The number of fused-ring (bicyclic) bond motifs is 1. The lowest BCUT2D eigenvalue weighted by atomic mass is 9.86. The Hall–Kier alpha value is -3.40. The van der Waals surface area contributed by atoms with Crippen LogP contribution in [0.3, 0.4) is 0 Å². The van der Waals surface area contributed by atoms with Gasteiger partial charge in [0.1, 0.15) is 5.82 Å². The molecule has 3 N–H and O–H groups in total. The van der Waals surface area contributed by atoms with E-state index in [0.29, 0.717) is 5.56 Å². The number of rotatable bonds is 4. The minimum Gasteiger partial charge on any atom is -0.393 e. The van der Waals surface area contributed by atoms with Gasteiger partial charge in [-0.3, -0.25) is 9.59 Å². The van der Waals surface area contributed by atoms with Crippen molar-refractivity contribution in [2.75, 3.05) is 23.4 Å². The molecule has 1 unspecified atom stereocenters. The molecule has 2 aromatic carbocycles. The molecule has 1 atom stereocenters. The first kappa shape index (κ1) is 25.7. The zero-order valence-electron chi connectivity index (χ0n) is 19.6. The molecule has 2 amide bonds. The summed E-state index contributed by atoms with van der Waals surface area (Å²) in [5.74, 6) is -4.51. The van der Waals surface area contributed by atoms with Crippen molar-refractivity contribution in [3.8, 4) is 0 Å². The van der Waals surface area contributed by atoms with Gasteiger partial charge < -0.3 is 20.4 Å². The Bertz CT molecular complexity index is 1330. The summed E-state index contributed by atoms with van der Waals surface area (Å²) in [6.07, 6.45) is 0.345. The molecule has 2 heterocycles. The molecule has 3 aromatic rings. The number of hydrogen-bond acceptors (Lipinski definition) is 5. The van der Waals surface area contributed by atoms with Crippen molar-refractivity contribution in [3.05, 3.63) is 87.6 Å². The maximum Gasteiger partial charge on any atom is 0.284 e. The van der Waals surface area contributed by atoms with Crippen molar-refractivity contribution >= 4 is 34.9 Å². The summed E-state index contributed by atoms with van der Waals surface area (Å²) in [5.41, 5.74) is -0.880. The van der Waals surface area contributed by atoms with Crippen LogP contribution in [-0.4, -0.2) is 46.1 Å². The summed E-state index contributed by atoms with van der Waals surface area (Å²) in [7, 11) is 0. The van der Waals surface area contributed by atoms with Crippen molar-refractivity contribution in [2.45, 2.75) is 31.8 Å². The first-order valence-corrected chi connectivity index (χ1v) is 11.5. The van der Waals surface area contributed by atoms with Crippen LogP contribution in [0.15, 0.2) is 54.7 Å². The van der Waals surface area contributed by atoms with Crippen LogP contribution in [0.2, 0.25) is 5.02 Å². The van der Waals surface area contributed by atoms with Gasteiger partial charge in [0.2, 0.25) is 0 Å². The number of hydrogen-bond donors (Lipinski definition) is 3. The van der Waals surface area contributed by atoms with Crippen LogP contribution in [0.4, 0.5) is 20.3 Å². The molecule has 0 bridgehead atoms. The normalized spacial score (nSPS) is 18.8. The predicted octanol–water partition coefficient (Wildman–Crippen LogP) is 4.47. The first-order valence-electron chi connectivity index (χ1n) is 11.1. The second-order valence-electron chi connectivity index (χ2n) is 8.72. The molecule has 7 nitrogen and oxygen atoms in total. The molecule has 0 fully saturated rings. The van der Waals surface area contributed by atoms with Crippen LogP contribution >= 0.6 is 11.6 Å². The van der Waals surface area contributed by atoms with Crippen molar-refractivity contribution < 1.29 is 28.6 Å². The molecular weight excluding hydrogens is 492 g/mol. The summed E-state index contributed by atoms with van der Waals surface area (Å²) in [6.45, 7) is 2.06. The molecule has 1 aliphatic rings. The number of pyridine rings is 1. The van der Waals surface area contributed by atoms with Gasteiger partial charge in [-0.25, -0.2) is 13.8 Å². The number of anilines is 2. The van der Waals surface area contributed by atoms with Gasteiger partial charge in [0.15, 0.2) is 5.60 Å². The predicted molar refractivity (Wildman–Crippen MR) is 132 cm³/mol. The highest BCUT2D eigenvalue weighted by Crippen LogP contribution is 2.47. The van der Waals surface area contributed by atoms with Gasteiger partial charge in [-0.15, -0.1) is 0 Å². The zero-order valence-corrected chi connectivity index (χ0v) is 20.3. The summed E-state index contributed by atoms with van der Waals surface area (Å²) < 4.78 is 29.8. The Balaban J connectivity index is 1.62. The molecule has 0 spiro atoms. The number of halogens is 3. The lowest BCUT2D eigenvalue weighted by Crippen LogP contribution is -2.48. The monoisotopic (exact) mass is 515 g/mol. The van der Waals surface area contributed by atoms with Crippen LogP contribution < -0.4 is 10.2 Å². The van der Waals surface area contributed by atoms with E-state index in [4.69, 9.17) is 11.6 Å². The van der Waals surface area contributed by atoms with Gasteiger partial charge in [0.05, 0.1) is 17.9 Å². The minimum absolute atomic E-state index is 0.00502. The molecule has 0 saturated carbocycles. The fourth-order valence-electron chi connectivity index (χ4n) is 4.19. The molecule has 0 saturated heterocycles. The van der Waals surface area contributed by atoms with E-state index in [1.807, 2.05) is 19.9 Å². The van der Waals surface area contributed by atoms with Gasteiger partial charge in [-0.2, -0.15) is 0 Å². The highest BCUT2D eigenvalue weighted by Gasteiger charge is 2.56. The summed E-state index contributed by atoms with van der Waals surface area (Å²) in [6, 6.07) is 12.1. The third kappa shape index (κ3) is 4.45. The Morgan fingerprint density at radius 3 is 2.58 bits per heavy atom. The van der Waals surface area contributed by atoms with E-state index in [-0.39, 0.29) is 33.6 Å². The molecule has 36 heavy (non-hydrogen) atoms. The number of aromatic nitrogens is 1. The number of aliphatic hydroxyl groups is 2. The number of nitrogens with zero attached hydrogens (tertiary/aromatic N) is 2. The second kappa shape index (κ2) is 9.57.